The third kappa shape index (κ3) is 3.24. The number of nitrogens with zero attached hydrogens (tertiary/aromatic N) is 2. The van der Waals surface area contributed by atoms with Crippen molar-refractivity contribution in [3.63, 3.8) is 0 Å². The van der Waals surface area contributed by atoms with Crippen LogP contribution in [0.15, 0.2) is 24.3 Å². The highest BCUT2D eigenvalue weighted by molar-refractivity contribution is 6.44. The summed E-state index contributed by atoms with van der Waals surface area (Å²) in [5.41, 5.74) is -1.27. The van der Waals surface area contributed by atoms with E-state index in [0.717, 1.165) is 12.1 Å². The van der Waals surface area contributed by atoms with Gasteiger partial charge in [0.2, 0.25) is 0 Å². The van der Waals surface area contributed by atoms with Gasteiger partial charge in [-0.05, 0) is 24.3 Å². The van der Waals surface area contributed by atoms with Crippen molar-refractivity contribution in [3.05, 3.63) is 50.6 Å². The normalized spacial score (nSPS) is 11.3. The van der Waals surface area contributed by atoms with E-state index in [-0.39, 0.29) is 31.9 Å². The van der Waals surface area contributed by atoms with E-state index in [1.54, 1.807) is 6.07 Å². The van der Waals surface area contributed by atoms with E-state index in [0.29, 0.717) is 0 Å². The molecule has 0 aliphatic rings. The van der Waals surface area contributed by atoms with Crippen LogP contribution in [0.5, 0.6) is 0 Å². The Hall–Kier alpha value is -1.48. The summed E-state index contributed by atoms with van der Waals surface area (Å²) in [6.45, 7) is 0. The van der Waals surface area contributed by atoms with Crippen molar-refractivity contribution in [1.29, 1.82) is 5.26 Å². The van der Waals surface area contributed by atoms with Crippen LogP contribution in [0.2, 0.25) is 15.1 Å². The Morgan fingerprint density at radius 1 is 1.00 bits per heavy atom. The molecule has 0 bridgehead atoms. The van der Waals surface area contributed by atoms with Gasteiger partial charge in [-0.25, -0.2) is 4.98 Å². The SMILES string of the molecule is N#Cc1ccc(C(F)(F)F)nc1-c1cc(Cl)c(Cl)cc1Cl. The fourth-order valence-corrected chi connectivity index (χ4v) is 2.25. The van der Waals surface area contributed by atoms with E-state index in [9.17, 15) is 13.2 Å². The molecular formula is C13H4Cl3F3N2. The fourth-order valence-electron chi connectivity index (χ4n) is 1.62. The molecular weight excluding hydrogens is 348 g/mol. The molecule has 0 fully saturated rings. The third-order valence-electron chi connectivity index (χ3n) is 2.57. The summed E-state index contributed by atoms with van der Waals surface area (Å²) in [4.78, 5) is 3.48. The second-order valence-electron chi connectivity index (χ2n) is 3.95. The summed E-state index contributed by atoms with van der Waals surface area (Å²) in [6, 6.07) is 6.09. The number of halogens is 6. The van der Waals surface area contributed by atoms with Crippen molar-refractivity contribution in [2.24, 2.45) is 0 Å². The van der Waals surface area contributed by atoms with Crippen LogP contribution in [-0.4, -0.2) is 4.98 Å². The van der Waals surface area contributed by atoms with E-state index in [1.165, 1.54) is 12.1 Å². The summed E-state index contributed by atoms with van der Waals surface area (Å²) in [5, 5.41) is 9.31. The molecule has 0 saturated heterocycles. The molecule has 0 aliphatic carbocycles. The van der Waals surface area contributed by atoms with Gasteiger partial charge in [0.05, 0.1) is 26.3 Å². The summed E-state index contributed by atoms with van der Waals surface area (Å²) in [7, 11) is 0. The van der Waals surface area contributed by atoms with Crippen LogP contribution < -0.4 is 0 Å². The quantitative estimate of drug-likeness (QED) is 0.627. The summed E-state index contributed by atoms with van der Waals surface area (Å²) >= 11 is 17.6. The minimum Gasteiger partial charge on any atom is -0.242 e. The van der Waals surface area contributed by atoms with E-state index in [2.05, 4.69) is 4.98 Å². The van der Waals surface area contributed by atoms with Crippen LogP contribution in [-0.2, 0) is 6.18 Å². The van der Waals surface area contributed by atoms with Crippen molar-refractivity contribution in [3.8, 4) is 17.3 Å². The fraction of sp³-hybridized carbons (Fsp3) is 0.0769. The molecule has 0 unspecified atom stereocenters. The third-order valence-corrected chi connectivity index (χ3v) is 3.61. The lowest BCUT2D eigenvalue weighted by Crippen LogP contribution is -2.09. The van der Waals surface area contributed by atoms with Crippen LogP contribution in [0.3, 0.4) is 0 Å². The maximum Gasteiger partial charge on any atom is 0.433 e. The Labute approximate surface area is 132 Å². The zero-order valence-electron chi connectivity index (χ0n) is 9.97. The van der Waals surface area contributed by atoms with Crippen molar-refractivity contribution in [1.82, 2.24) is 4.98 Å². The monoisotopic (exact) mass is 350 g/mol. The molecule has 0 spiro atoms. The molecule has 0 atom stereocenters. The molecule has 0 saturated carbocycles. The highest BCUT2D eigenvalue weighted by atomic mass is 35.5. The molecule has 1 aromatic carbocycles. The number of hydrogen-bond donors (Lipinski definition) is 0. The topological polar surface area (TPSA) is 36.7 Å². The van der Waals surface area contributed by atoms with Gasteiger partial charge in [0.15, 0.2) is 0 Å². The van der Waals surface area contributed by atoms with Crippen molar-refractivity contribution >= 4 is 34.8 Å². The Kier molecular flexibility index (Phi) is 4.33. The van der Waals surface area contributed by atoms with Crippen LogP contribution in [0.25, 0.3) is 11.3 Å². The first kappa shape index (κ1) is 15.9. The molecule has 21 heavy (non-hydrogen) atoms. The number of nitriles is 1. The smallest absolute Gasteiger partial charge is 0.242 e. The van der Waals surface area contributed by atoms with Gasteiger partial charge in [-0.3, -0.25) is 0 Å². The molecule has 0 amide bonds. The van der Waals surface area contributed by atoms with Gasteiger partial charge in [-0.2, -0.15) is 18.4 Å². The molecule has 2 nitrogen and oxygen atoms in total. The van der Waals surface area contributed by atoms with E-state index >= 15 is 0 Å². The first-order chi connectivity index (χ1) is 9.74. The zero-order chi connectivity index (χ0) is 15.8. The van der Waals surface area contributed by atoms with Crippen LogP contribution in [0, 0.1) is 11.3 Å². The molecule has 1 aromatic heterocycles. The van der Waals surface area contributed by atoms with Crippen molar-refractivity contribution in [2.75, 3.05) is 0 Å². The number of pyridine rings is 1. The maximum absolute atomic E-state index is 12.7. The van der Waals surface area contributed by atoms with Gasteiger partial charge >= 0.3 is 6.18 Å². The molecule has 2 rings (SSSR count). The average molecular weight is 352 g/mol. The average Bonchev–Trinajstić information content (AvgIpc) is 2.41. The summed E-state index contributed by atoms with van der Waals surface area (Å²) in [5.74, 6) is 0. The summed E-state index contributed by atoms with van der Waals surface area (Å²) < 4.78 is 38.2. The number of rotatable bonds is 1. The van der Waals surface area contributed by atoms with Crippen LogP contribution in [0.4, 0.5) is 13.2 Å². The highest BCUT2D eigenvalue weighted by Gasteiger charge is 2.33. The second kappa shape index (κ2) is 5.72. The Balaban J connectivity index is 2.73. The van der Waals surface area contributed by atoms with E-state index < -0.39 is 11.9 Å². The molecule has 0 N–H and O–H groups in total. The number of benzene rings is 1. The molecule has 0 aliphatic heterocycles. The predicted molar refractivity (Wildman–Crippen MR) is 74.4 cm³/mol. The molecule has 2 aromatic rings. The van der Waals surface area contributed by atoms with E-state index in [1.807, 2.05) is 0 Å². The molecule has 0 radical (unpaired) electrons. The Morgan fingerprint density at radius 3 is 2.19 bits per heavy atom. The van der Waals surface area contributed by atoms with Crippen LogP contribution in [0.1, 0.15) is 11.3 Å². The van der Waals surface area contributed by atoms with Crippen molar-refractivity contribution in [2.45, 2.75) is 6.18 Å². The lowest BCUT2D eigenvalue weighted by atomic mass is 10.1. The molecule has 8 heteroatoms. The van der Waals surface area contributed by atoms with Crippen LogP contribution >= 0.6 is 34.8 Å². The number of hydrogen-bond acceptors (Lipinski definition) is 2. The lowest BCUT2D eigenvalue weighted by Gasteiger charge is -2.11. The van der Waals surface area contributed by atoms with Gasteiger partial charge in [0.25, 0.3) is 0 Å². The first-order valence-corrected chi connectivity index (χ1v) is 6.50. The van der Waals surface area contributed by atoms with Gasteiger partial charge < -0.3 is 0 Å². The maximum atomic E-state index is 12.7. The first-order valence-electron chi connectivity index (χ1n) is 5.37. The zero-order valence-corrected chi connectivity index (χ0v) is 12.2. The second-order valence-corrected chi connectivity index (χ2v) is 5.17. The standard InChI is InChI=1S/C13H4Cl3F3N2/c14-8-4-10(16)9(15)3-7(8)12-6(5-20)1-2-11(21-12)13(17,18)19/h1-4H. The Bertz CT molecular complexity index is 752. The Morgan fingerprint density at radius 2 is 1.62 bits per heavy atom. The van der Waals surface area contributed by atoms with Gasteiger partial charge in [0.1, 0.15) is 11.8 Å². The number of aromatic nitrogens is 1. The van der Waals surface area contributed by atoms with Gasteiger partial charge in [0, 0.05) is 5.56 Å². The molecule has 1 heterocycles. The summed E-state index contributed by atoms with van der Waals surface area (Å²) in [6.07, 6.45) is -4.63. The van der Waals surface area contributed by atoms with E-state index in [4.69, 9.17) is 40.1 Å². The molecule has 108 valence electrons. The predicted octanol–water partition coefficient (Wildman–Crippen LogP) is 5.60. The lowest BCUT2D eigenvalue weighted by molar-refractivity contribution is -0.141. The minimum absolute atomic E-state index is 0.0488. The van der Waals surface area contributed by atoms with Crippen molar-refractivity contribution < 1.29 is 13.2 Å². The van der Waals surface area contributed by atoms with Gasteiger partial charge in [-0.15, -0.1) is 0 Å². The number of alkyl halides is 3. The van der Waals surface area contributed by atoms with Gasteiger partial charge in [-0.1, -0.05) is 34.8 Å². The highest BCUT2D eigenvalue weighted by Crippen LogP contribution is 2.37. The largest absolute Gasteiger partial charge is 0.433 e. The minimum atomic E-state index is -4.63.